The van der Waals surface area contributed by atoms with E-state index >= 15 is 0 Å². The highest BCUT2D eigenvalue weighted by Gasteiger charge is 2.48. The summed E-state index contributed by atoms with van der Waals surface area (Å²) in [5.41, 5.74) is 17.5. The largest absolute Gasteiger partial charge is 0.481 e. The van der Waals surface area contributed by atoms with Gasteiger partial charge in [0.15, 0.2) is 0 Å². The third-order valence-corrected chi connectivity index (χ3v) is 26.2. The molecule has 6 bridgehead atoms. The molecule has 608 valence electrons. The molecule has 9 fully saturated rings. The van der Waals surface area contributed by atoms with Crippen molar-refractivity contribution in [1.29, 1.82) is 15.8 Å². The molecule has 8 atom stereocenters. The zero-order chi connectivity index (χ0) is 81.5. The molecular formula is C92H89N23O6. The fourth-order valence-electron chi connectivity index (χ4n) is 19.6. The molecule has 29 nitrogen and oxygen atoms in total. The number of methoxy groups -OCH3 is 1. The molecule has 0 radical (unpaired) electrons. The van der Waals surface area contributed by atoms with Crippen LogP contribution in [0.4, 0.5) is 17.5 Å². The minimum absolute atomic E-state index is 0.346. The van der Waals surface area contributed by atoms with Crippen LogP contribution in [-0.4, -0.2) is 217 Å². The number of anilines is 3. The molecule has 12 aromatic rings. The molecule has 9 saturated heterocycles. The first-order chi connectivity index (χ1) is 59.3. The Balaban J connectivity index is 0.405. The van der Waals surface area contributed by atoms with Crippen molar-refractivity contribution in [1.82, 2.24) is 83.4 Å². The maximum Gasteiger partial charge on any atom is 0.232 e. The summed E-state index contributed by atoms with van der Waals surface area (Å²) < 4.78 is 41.8. The van der Waals surface area contributed by atoms with Crippen molar-refractivity contribution in [2.24, 2.45) is 0 Å². The molecule has 12 aliphatic heterocycles. The molecule has 24 heterocycles. The van der Waals surface area contributed by atoms with Crippen LogP contribution in [0.1, 0.15) is 115 Å². The van der Waals surface area contributed by atoms with Gasteiger partial charge in [-0.2, -0.15) is 31.1 Å². The third-order valence-electron chi connectivity index (χ3n) is 26.2. The summed E-state index contributed by atoms with van der Waals surface area (Å²) in [7, 11) is 1.64. The summed E-state index contributed by atoms with van der Waals surface area (Å²) >= 11 is 0. The van der Waals surface area contributed by atoms with Gasteiger partial charge in [0.1, 0.15) is 35.7 Å². The fourth-order valence-corrected chi connectivity index (χ4v) is 19.6. The Hall–Kier alpha value is -12.9. The van der Waals surface area contributed by atoms with Crippen molar-refractivity contribution in [3.8, 4) is 69.4 Å². The topological polar surface area (TPSA) is 301 Å². The lowest BCUT2D eigenvalue weighted by Crippen LogP contribution is -2.68. The number of fused-ring (bicyclic) bond motifs is 9. The Morgan fingerprint density at radius 2 is 0.959 bits per heavy atom. The first-order valence-corrected chi connectivity index (χ1v) is 41.8. The van der Waals surface area contributed by atoms with Crippen LogP contribution < -0.4 is 28.9 Å². The van der Waals surface area contributed by atoms with Gasteiger partial charge in [0.2, 0.25) is 17.6 Å². The van der Waals surface area contributed by atoms with Gasteiger partial charge >= 0.3 is 0 Å². The van der Waals surface area contributed by atoms with Crippen molar-refractivity contribution < 1.29 is 28.4 Å². The molecule has 0 aliphatic carbocycles. The highest BCUT2D eigenvalue weighted by atomic mass is 16.5. The molecule has 12 aromatic heterocycles. The Kier molecular flexibility index (Phi) is 19.6. The van der Waals surface area contributed by atoms with Crippen LogP contribution in [-0.2, 0) is 33.8 Å². The minimum atomic E-state index is -0.618. The number of rotatable bonds is 24. The molecule has 8 unspecified atom stereocenters. The summed E-state index contributed by atoms with van der Waals surface area (Å²) in [5, 5.41) is 44.4. The molecule has 121 heavy (non-hydrogen) atoms. The molecule has 29 heteroatoms. The van der Waals surface area contributed by atoms with Crippen LogP contribution in [0.3, 0.4) is 0 Å². The van der Waals surface area contributed by atoms with E-state index in [0.29, 0.717) is 148 Å². The summed E-state index contributed by atoms with van der Waals surface area (Å²) in [6.45, 7) is 14.8. The number of ether oxygens (including phenoxy) is 6. The number of nitriles is 3. The van der Waals surface area contributed by atoms with Gasteiger partial charge in [0, 0.05) is 198 Å². The highest BCUT2D eigenvalue weighted by molar-refractivity contribution is 5.90. The van der Waals surface area contributed by atoms with Crippen LogP contribution in [0.15, 0.2) is 172 Å². The second-order valence-corrected chi connectivity index (χ2v) is 33.8. The van der Waals surface area contributed by atoms with Crippen LogP contribution in [0, 0.1) is 34.0 Å². The first kappa shape index (κ1) is 75.5. The SMILES string of the molecule is COc1ccc(CN2C3CC2CN(c2ccc(-c4cc(C5=CCOC(C)(CCOc6ccc(CN7C8CC7CN(c7ccc(-c9cc(C%10=CC(C)(CCOc%11cnc(CN%12C%13CC%12CN(c%12cnc(-c%14cc(C%15=CCOCC%15)cn%15ncc(C#N)c%14%15)cn%12)C%13)cn%11)OCC%10)cn%10ncc(C#N)c9%10)cn7)C8)cn6)C5)cn5ncc(C#N)c45)cn2)C3)cn1. The molecule has 0 saturated carbocycles. The van der Waals surface area contributed by atoms with Crippen molar-refractivity contribution in [2.75, 3.05) is 101 Å². The van der Waals surface area contributed by atoms with Crippen molar-refractivity contribution in [3.05, 3.63) is 222 Å². The van der Waals surface area contributed by atoms with Gasteiger partial charge in [0.05, 0.1) is 146 Å². The lowest BCUT2D eigenvalue weighted by atomic mass is 9.86. The van der Waals surface area contributed by atoms with E-state index in [0.717, 1.165) is 173 Å². The molecule has 0 N–H and O–H groups in total. The van der Waals surface area contributed by atoms with E-state index in [9.17, 15) is 15.8 Å². The standard InChI is InChI=1S/C92H89N23O6/c1-91(30-61(14-20-120-91)66-24-78(88-68(32-93)39-104-113(88)49-66)63-6-8-82(98-37-63)107-52-72-27-73(53-107)110(72)46-58-4-10-85(116-3)101-35-58)16-22-118-86-11-5-59(36-102-86)47-111-74-28-75(111)55-108(54-74)83-9-7-64(38-99-83)79-25-67(50-114-89(79)69(33-94)40-105-114)62-15-21-121-92(2,31-62)17-23-119-87-45-96-71(42-103-87)51-112-76-29-77(112)57-109(56-76)84-44-97-81(43-100-84)80-26-65(60-12-18-117-19-13-60)48-115-90(80)70(34-95)41-106-115/h4-12,14,24-26,31,35-45,48-50,72-77H,13,15-23,27-30,46-47,51-57H2,1-3H3. The van der Waals surface area contributed by atoms with Gasteiger partial charge in [0.25, 0.3) is 0 Å². The number of hydrogen-bond donors (Lipinski definition) is 0. The number of hydrogen-bond acceptors (Lipinski definition) is 26. The van der Waals surface area contributed by atoms with E-state index in [1.807, 2.05) is 83.1 Å². The van der Waals surface area contributed by atoms with E-state index in [1.165, 1.54) is 17.6 Å². The van der Waals surface area contributed by atoms with Crippen LogP contribution in [0.25, 0.3) is 66.8 Å². The second kappa shape index (κ2) is 31.3. The predicted molar refractivity (Wildman–Crippen MR) is 452 cm³/mol. The zero-order valence-corrected chi connectivity index (χ0v) is 67.6. The van der Waals surface area contributed by atoms with Gasteiger partial charge in [-0.1, -0.05) is 24.3 Å². The smallest absolute Gasteiger partial charge is 0.232 e. The van der Waals surface area contributed by atoms with Crippen LogP contribution >= 0.6 is 0 Å². The minimum Gasteiger partial charge on any atom is -0.481 e. The van der Waals surface area contributed by atoms with E-state index in [4.69, 9.17) is 63.3 Å². The Morgan fingerprint density at radius 3 is 1.48 bits per heavy atom. The quantitative estimate of drug-likeness (QED) is 0.0543. The molecule has 0 spiro atoms. The molecule has 0 aromatic carbocycles. The number of aromatic nitrogens is 14. The van der Waals surface area contributed by atoms with Gasteiger partial charge in [-0.3, -0.25) is 24.7 Å². The van der Waals surface area contributed by atoms with E-state index < -0.39 is 11.2 Å². The van der Waals surface area contributed by atoms with Crippen molar-refractivity contribution in [3.63, 3.8) is 0 Å². The maximum atomic E-state index is 10.3. The average molecular weight is 1610 g/mol. The number of piperidine rings is 3. The normalized spacial score (nSPS) is 23.3. The van der Waals surface area contributed by atoms with E-state index in [-0.39, 0.29) is 0 Å². The fraction of sp³-hybridized carbons (Fsp3) is 0.370. The van der Waals surface area contributed by atoms with Crippen LogP contribution in [0.2, 0.25) is 0 Å². The van der Waals surface area contributed by atoms with Crippen LogP contribution in [0.5, 0.6) is 17.6 Å². The van der Waals surface area contributed by atoms with Gasteiger partial charge < -0.3 is 43.1 Å². The average Bonchev–Trinajstić information content (AvgIpc) is 1.69. The monoisotopic (exact) mass is 1610 g/mol. The first-order valence-electron chi connectivity index (χ1n) is 41.8. The predicted octanol–water partition coefficient (Wildman–Crippen LogP) is 11.7. The maximum absolute atomic E-state index is 10.3. The third kappa shape index (κ3) is 14.7. The summed E-state index contributed by atoms with van der Waals surface area (Å²) in [5.74, 6) is 4.39. The molecular weight excluding hydrogens is 1520 g/mol. The molecule has 12 aliphatic rings. The molecule has 0 amide bonds. The zero-order valence-electron chi connectivity index (χ0n) is 67.6. The van der Waals surface area contributed by atoms with Crippen molar-refractivity contribution in [2.45, 2.75) is 132 Å². The van der Waals surface area contributed by atoms with E-state index in [1.54, 1.807) is 36.4 Å². The lowest BCUT2D eigenvalue weighted by Gasteiger charge is -2.56. The number of nitrogens with zero attached hydrogens (tertiary/aromatic N) is 23. The van der Waals surface area contributed by atoms with Crippen molar-refractivity contribution >= 4 is 50.7 Å². The van der Waals surface area contributed by atoms with Gasteiger partial charge in [-0.15, -0.1) is 0 Å². The molecule has 24 rings (SSSR count). The van der Waals surface area contributed by atoms with Gasteiger partial charge in [-0.05, 0) is 139 Å². The summed E-state index contributed by atoms with van der Waals surface area (Å²) in [6.07, 6.45) is 39.1. The summed E-state index contributed by atoms with van der Waals surface area (Å²) in [6, 6.07) is 32.4. The Morgan fingerprint density at radius 1 is 0.446 bits per heavy atom. The Bertz CT molecular complexity index is 6160. The Labute approximate surface area is 699 Å². The number of piperazine rings is 3. The highest BCUT2D eigenvalue weighted by Crippen LogP contribution is 2.44. The second-order valence-electron chi connectivity index (χ2n) is 33.8. The lowest BCUT2D eigenvalue weighted by molar-refractivity contribution is -0.0327. The number of pyridine rings is 7. The summed E-state index contributed by atoms with van der Waals surface area (Å²) in [4.78, 5) is 53.4. The van der Waals surface area contributed by atoms with E-state index in [2.05, 4.69) is 155 Å². The van der Waals surface area contributed by atoms with Gasteiger partial charge in [-0.25, -0.2) is 43.5 Å².